The molecule has 1 saturated heterocycles. The van der Waals surface area contributed by atoms with Crippen molar-refractivity contribution < 1.29 is 9.53 Å². The monoisotopic (exact) mass is 339 g/mol. The van der Waals surface area contributed by atoms with Crippen molar-refractivity contribution in [2.45, 2.75) is 32.4 Å². The number of nitrogens with zero attached hydrogens (tertiary/aromatic N) is 4. The lowest BCUT2D eigenvalue weighted by Gasteiger charge is -2.29. The summed E-state index contributed by atoms with van der Waals surface area (Å²) in [6, 6.07) is 5.95. The van der Waals surface area contributed by atoms with Crippen molar-refractivity contribution in [1.82, 2.24) is 19.9 Å². The highest BCUT2D eigenvalue weighted by atomic mass is 16.5. The largest absolute Gasteiger partial charge is 0.379 e. The normalized spacial score (nSPS) is 19.6. The average molecular weight is 339 g/mol. The highest BCUT2D eigenvalue weighted by Gasteiger charge is 2.26. The van der Waals surface area contributed by atoms with Crippen LogP contribution in [0.15, 0.2) is 24.4 Å². The molecule has 0 saturated carbocycles. The summed E-state index contributed by atoms with van der Waals surface area (Å²) in [5.41, 5.74) is 2.73. The lowest BCUT2D eigenvalue weighted by Crippen LogP contribution is -2.36. The van der Waals surface area contributed by atoms with E-state index in [2.05, 4.69) is 10.3 Å². The number of rotatable bonds is 3. The molecule has 2 aliphatic rings. The van der Waals surface area contributed by atoms with Crippen LogP contribution in [0, 0.1) is 0 Å². The Hall–Kier alpha value is -2.54. The quantitative estimate of drug-likeness (QED) is 0.916. The van der Waals surface area contributed by atoms with Crippen molar-refractivity contribution in [2.24, 2.45) is 0 Å². The number of hydrogen-bond acceptors (Lipinski definition) is 6. The lowest BCUT2D eigenvalue weighted by atomic mass is 10.0. The first-order valence-corrected chi connectivity index (χ1v) is 8.61. The van der Waals surface area contributed by atoms with Crippen LogP contribution >= 0.6 is 0 Å². The fourth-order valence-corrected chi connectivity index (χ4v) is 3.27. The summed E-state index contributed by atoms with van der Waals surface area (Å²) >= 11 is 0. The van der Waals surface area contributed by atoms with Gasteiger partial charge in [-0.1, -0.05) is 6.07 Å². The highest BCUT2D eigenvalue weighted by molar-refractivity contribution is 5.74. The molecule has 1 fully saturated rings. The van der Waals surface area contributed by atoms with Gasteiger partial charge in [0.1, 0.15) is 11.5 Å². The first-order chi connectivity index (χ1) is 12.2. The van der Waals surface area contributed by atoms with E-state index in [9.17, 15) is 4.79 Å². The summed E-state index contributed by atoms with van der Waals surface area (Å²) in [4.78, 5) is 27.4. The van der Waals surface area contributed by atoms with Gasteiger partial charge in [0.25, 0.3) is 0 Å². The third-order valence-corrected chi connectivity index (χ3v) is 4.67. The zero-order valence-corrected chi connectivity index (χ0v) is 14.2. The Morgan fingerprint density at radius 3 is 3.00 bits per heavy atom. The fourth-order valence-electron chi connectivity index (χ4n) is 3.27. The molecule has 7 nitrogen and oxygen atoms in total. The summed E-state index contributed by atoms with van der Waals surface area (Å²) < 4.78 is 5.47. The van der Waals surface area contributed by atoms with E-state index in [4.69, 9.17) is 14.7 Å². The van der Waals surface area contributed by atoms with Crippen molar-refractivity contribution in [3.8, 4) is 11.5 Å². The molecule has 1 unspecified atom stereocenters. The number of nitrogens with one attached hydrogen (secondary N) is 1. The van der Waals surface area contributed by atoms with E-state index in [-0.39, 0.29) is 11.9 Å². The molecule has 2 aromatic heterocycles. The zero-order valence-electron chi connectivity index (χ0n) is 14.2. The summed E-state index contributed by atoms with van der Waals surface area (Å²) in [5, 5.41) is 3.52. The van der Waals surface area contributed by atoms with Crippen molar-refractivity contribution >= 4 is 11.7 Å². The van der Waals surface area contributed by atoms with Crippen LogP contribution in [0.1, 0.15) is 24.6 Å². The van der Waals surface area contributed by atoms with Crippen LogP contribution in [0.5, 0.6) is 0 Å². The van der Waals surface area contributed by atoms with Gasteiger partial charge in [-0.25, -0.2) is 9.97 Å². The van der Waals surface area contributed by atoms with Crippen molar-refractivity contribution in [3.05, 3.63) is 35.7 Å². The van der Waals surface area contributed by atoms with Gasteiger partial charge in [0.15, 0.2) is 5.82 Å². The third kappa shape index (κ3) is 3.32. The maximum atomic E-state index is 11.8. The van der Waals surface area contributed by atoms with Gasteiger partial charge in [0.05, 0.1) is 24.9 Å². The van der Waals surface area contributed by atoms with E-state index in [1.807, 2.05) is 23.1 Å². The highest BCUT2D eigenvalue weighted by Crippen LogP contribution is 2.27. The summed E-state index contributed by atoms with van der Waals surface area (Å²) in [5.74, 6) is 1.51. The Bertz CT molecular complexity index is 775. The SMILES string of the molecule is CC(=O)N1CCc2c(nc(-c3ccccn3)nc2NC2CCOC2)C1. The Morgan fingerprint density at radius 1 is 1.36 bits per heavy atom. The van der Waals surface area contributed by atoms with Crippen LogP contribution in [-0.2, 0) is 22.5 Å². The minimum atomic E-state index is 0.0716. The molecule has 2 aromatic rings. The van der Waals surface area contributed by atoms with Crippen molar-refractivity contribution in [2.75, 3.05) is 25.1 Å². The van der Waals surface area contributed by atoms with Gasteiger partial charge in [0.2, 0.25) is 5.91 Å². The third-order valence-electron chi connectivity index (χ3n) is 4.67. The van der Waals surface area contributed by atoms with E-state index in [1.54, 1.807) is 13.1 Å². The second-order valence-corrected chi connectivity index (χ2v) is 6.43. The van der Waals surface area contributed by atoms with Gasteiger partial charge in [-0.05, 0) is 25.0 Å². The second kappa shape index (κ2) is 6.76. The van der Waals surface area contributed by atoms with Crippen molar-refractivity contribution in [3.63, 3.8) is 0 Å². The van der Waals surface area contributed by atoms with Crippen LogP contribution in [0.4, 0.5) is 5.82 Å². The Labute approximate surface area is 146 Å². The molecular weight excluding hydrogens is 318 g/mol. The topological polar surface area (TPSA) is 80.2 Å². The molecule has 25 heavy (non-hydrogen) atoms. The number of carbonyl (C=O) groups excluding carboxylic acids is 1. The Kier molecular flexibility index (Phi) is 4.31. The average Bonchev–Trinajstić information content (AvgIpc) is 3.15. The van der Waals surface area contributed by atoms with Gasteiger partial charge in [0, 0.05) is 31.8 Å². The minimum Gasteiger partial charge on any atom is -0.379 e. The van der Waals surface area contributed by atoms with E-state index in [1.165, 1.54) is 0 Å². The van der Waals surface area contributed by atoms with Gasteiger partial charge in [-0.15, -0.1) is 0 Å². The van der Waals surface area contributed by atoms with Crippen molar-refractivity contribution in [1.29, 1.82) is 0 Å². The molecular formula is C18H21N5O2. The zero-order chi connectivity index (χ0) is 17.2. The number of aromatic nitrogens is 3. The van der Waals surface area contributed by atoms with Gasteiger partial charge in [-0.3, -0.25) is 9.78 Å². The van der Waals surface area contributed by atoms with Crippen LogP contribution in [-0.4, -0.2) is 51.6 Å². The van der Waals surface area contributed by atoms with Crippen LogP contribution < -0.4 is 5.32 Å². The minimum absolute atomic E-state index is 0.0716. The number of carbonyl (C=O) groups is 1. The van der Waals surface area contributed by atoms with E-state index >= 15 is 0 Å². The maximum Gasteiger partial charge on any atom is 0.219 e. The lowest BCUT2D eigenvalue weighted by molar-refractivity contribution is -0.129. The predicted molar refractivity (Wildman–Crippen MR) is 92.9 cm³/mol. The second-order valence-electron chi connectivity index (χ2n) is 6.43. The molecule has 0 aliphatic carbocycles. The molecule has 130 valence electrons. The molecule has 0 aromatic carbocycles. The number of hydrogen-bond donors (Lipinski definition) is 1. The molecule has 7 heteroatoms. The number of fused-ring (bicyclic) bond motifs is 1. The Balaban J connectivity index is 1.73. The summed E-state index contributed by atoms with van der Waals surface area (Å²) in [6.45, 7) is 4.28. The molecule has 1 N–H and O–H groups in total. The van der Waals surface area contributed by atoms with Gasteiger partial charge < -0.3 is 15.0 Å². The molecule has 1 atom stereocenters. The number of pyridine rings is 1. The predicted octanol–water partition coefficient (Wildman–Crippen LogP) is 1.64. The van der Waals surface area contributed by atoms with Crippen LogP contribution in [0.25, 0.3) is 11.5 Å². The summed E-state index contributed by atoms with van der Waals surface area (Å²) in [7, 11) is 0. The standard InChI is InChI=1S/C18H21N5O2/c1-12(24)23-8-5-14-16(10-23)21-18(15-4-2-3-7-19-15)22-17(14)20-13-6-9-25-11-13/h2-4,7,13H,5-6,8-11H2,1H3,(H,20,21,22). The van der Waals surface area contributed by atoms with E-state index < -0.39 is 0 Å². The Morgan fingerprint density at radius 2 is 2.28 bits per heavy atom. The molecule has 0 radical (unpaired) electrons. The van der Waals surface area contributed by atoms with Crippen LogP contribution in [0.3, 0.4) is 0 Å². The molecule has 4 heterocycles. The van der Waals surface area contributed by atoms with Gasteiger partial charge in [-0.2, -0.15) is 0 Å². The molecule has 1 amide bonds. The summed E-state index contributed by atoms with van der Waals surface area (Å²) in [6.07, 6.45) is 3.46. The maximum absolute atomic E-state index is 11.8. The molecule has 2 aliphatic heterocycles. The smallest absolute Gasteiger partial charge is 0.219 e. The van der Waals surface area contributed by atoms with E-state index in [0.717, 1.165) is 42.2 Å². The van der Waals surface area contributed by atoms with Crippen LogP contribution in [0.2, 0.25) is 0 Å². The fraction of sp³-hybridized carbons (Fsp3) is 0.444. The first kappa shape index (κ1) is 16.0. The first-order valence-electron chi connectivity index (χ1n) is 8.61. The van der Waals surface area contributed by atoms with Gasteiger partial charge >= 0.3 is 0 Å². The molecule has 0 bridgehead atoms. The number of amides is 1. The molecule has 0 spiro atoms. The number of anilines is 1. The number of ether oxygens (including phenoxy) is 1. The molecule has 4 rings (SSSR count). The van der Waals surface area contributed by atoms with E-state index in [0.29, 0.717) is 25.5 Å².